The third-order valence-corrected chi connectivity index (χ3v) is 3.91. The molecule has 3 rings (SSSR count). The maximum absolute atomic E-state index is 5.90. The first kappa shape index (κ1) is 13.9. The number of aryl methyl sites for hydroxylation is 2. The van der Waals surface area contributed by atoms with Gasteiger partial charge in [-0.2, -0.15) is 0 Å². The van der Waals surface area contributed by atoms with Crippen LogP contribution in [0.5, 0.6) is 5.75 Å². The first-order chi connectivity index (χ1) is 10.3. The van der Waals surface area contributed by atoms with E-state index < -0.39 is 0 Å². The summed E-state index contributed by atoms with van der Waals surface area (Å²) in [5.41, 5.74) is 4.04. The fraction of sp³-hybridized carbons (Fsp3) is 0.389. The van der Waals surface area contributed by atoms with E-state index in [2.05, 4.69) is 41.5 Å². The van der Waals surface area contributed by atoms with Crippen molar-refractivity contribution in [2.45, 2.75) is 39.2 Å². The Hall–Kier alpha value is -2.03. The van der Waals surface area contributed by atoms with E-state index in [1.807, 2.05) is 12.3 Å². The fourth-order valence-corrected chi connectivity index (χ4v) is 2.76. The normalized spacial score (nSPS) is 13.6. The van der Waals surface area contributed by atoms with Crippen LogP contribution >= 0.6 is 0 Å². The summed E-state index contributed by atoms with van der Waals surface area (Å²) in [4.78, 5) is 4.36. The maximum atomic E-state index is 5.90. The fourth-order valence-electron chi connectivity index (χ4n) is 2.76. The van der Waals surface area contributed by atoms with Crippen LogP contribution in [0, 0.1) is 0 Å². The van der Waals surface area contributed by atoms with Gasteiger partial charge in [0.1, 0.15) is 18.2 Å². The van der Waals surface area contributed by atoms with Gasteiger partial charge in [-0.3, -0.25) is 0 Å². The third kappa shape index (κ3) is 3.54. The van der Waals surface area contributed by atoms with Crippen molar-refractivity contribution in [3.63, 3.8) is 0 Å². The van der Waals surface area contributed by atoms with Gasteiger partial charge in [0.2, 0.25) is 0 Å². The molecule has 1 aromatic heterocycles. The van der Waals surface area contributed by atoms with Crippen molar-refractivity contribution in [3.05, 3.63) is 53.2 Å². The molecule has 0 amide bonds. The van der Waals surface area contributed by atoms with E-state index in [0.29, 0.717) is 6.61 Å². The average molecular weight is 282 g/mol. The van der Waals surface area contributed by atoms with Crippen molar-refractivity contribution in [3.8, 4) is 5.75 Å². The summed E-state index contributed by atoms with van der Waals surface area (Å²) >= 11 is 0. The third-order valence-electron chi connectivity index (χ3n) is 3.91. The Morgan fingerprint density at radius 1 is 1.10 bits per heavy atom. The summed E-state index contributed by atoms with van der Waals surface area (Å²) in [6, 6.07) is 10.6. The molecular weight excluding hydrogens is 260 g/mol. The van der Waals surface area contributed by atoms with Crippen molar-refractivity contribution >= 4 is 5.82 Å². The number of aromatic nitrogens is 1. The minimum absolute atomic E-state index is 0.568. The molecule has 0 unspecified atom stereocenters. The van der Waals surface area contributed by atoms with Gasteiger partial charge in [0, 0.05) is 18.3 Å². The van der Waals surface area contributed by atoms with E-state index >= 15 is 0 Å². The molecule has 3 nitrogen and oxygen atoms in total. The van der Waals surface area contributed by atoms with Gasteiger partial charge in [0.25, 0.3) is 0 Å². The molecule has 110 valence electrons. The van der Waals surface area contributed by atoms with Crippen molar-refractivity contribution in [2.75, 3.05) is 11.9 Å². The zero-order valence-electron chi connectivity index (χ0n) is 12.6. The van der Waals surface area contributed by atoms with Crippen molar-refractivity contribution in [2.24, 2.45) is 0 Å². The lowest BCUT2D eigenvalue weighted by Crippen LogP contribution is -2.04. The largest absolute Gasteiger partial charge is 0.489 e. The molecule has 0 saturated heterocycles. The quantitative estimate of drug-likeness (QED) is 0.901. The van der Waals surface area contributed by atoms with Crippen LogP contribution in [0.4, 0.5) is 5.82 Å². The molecule has 21 heavy (non-hydrogen) atoms. The van der Waals surface area contributed by atoms with Gasteiger partial charge in [0.15, 0.2) is 0 Å². The Bertz CT molecular complexity index is 593. The standard InChI is InChI=1S/C18H22N2O/c1-2-19-18-10-7-14(12-20-18)13-21-17-9-8-15-5-3-4-6-16(15)11-17/h7-12H,2-6,13H2,1H3,(H,19,20). The number of hydrogen-bond donors (Lipinski definition) is 1. The van der Waals surface area contributed by atoms with Crippen LogP contribution in [-0.2, 0) is 19.4 Å². The molecule has 0 fully saturated rings. The molecule has 0 radical (unpaired) electrons. The van der Waals surface area contributed by atoms with E-state index in [9.17, 15) is 0 Å². The summed E-state index contributed by atoms with van der Waals surface area (Å²) < 4.78 is 5.90. The second kappa shape index (κ2) is 6.61. The number of nitrogens with zero attached hydrogens (tertiary/aromatic N) is 1. The SMILES string of the molecule is CCNc1ccc(COc2ccc3c(c2)CCCC3)cn1. The summed E-state index contributed by atoms with van der Waals surface area (Å²) in [7, 11) is 0. The summed E-state index contributed by atoms with van der Waals surface area (Å²) in [5, 5.41) is 3.19. The number of pyridine rings is 1. The number of anilines is 1. The highest BCUT2D eigenvalue weighted by Crippen LogP contribution is 2.25. The van der Waals surface area contributed by atoms with Crippen molar-refractivity contribution in [1.29, 1.82) is 0 Å². The highest BCUT2D eigenvalue weighted by atomic mass is 16.5. The maximum Gasteiger partial charge on any atom is 0.125 e. The molecule has 2 aromatic rings. The van der Waals surface area contributed by atoms with E-state index in [1.165, 1.54) is 36.8 Å². The number of fused-ring (bicyclic) bond motifs is 1. The zero-order valence-corrected chi connectivity index (χ0v) is 12.6. The van der Waals surface area contributed by atoms with Crippen LogP contribution in [0.3, 0.4) is 0 Å². The first-order valence-electron chi connectivity index (χ1n) is 7.78. The lowest BCUT2D eigenvalue weighted by Gasteiger charge is -2.16. The molecule has 1 aliphatic rings. The molecule has 0 atom stereocenters. The monoisotopic (exact) mass is 282 g/mol. The van der Waals surface area contributed by atoms with Crippen molar-refractivity contribution in [1.82, 2.24) is 4.98 Å². The Morgan fingerprint density at radius 2 is 1.95 bits per heavy atom. The summed E-state index contributed by atoms with van der Waals surface area (Å²) in [6.45, 7) is 3.52. The minimum Gasteiger partial charge on any atom is -0.489 e. The average Bonchev–Trinajstić information content (AvgIpc) is 2.54. The Labute approximate surface area is 126 Å². The summed E-state index contributed by atoms with van der Waals surface area (Å²) in [5.74, 6) is 1.88. The van der Waals surface area contributed by atoms with Gasteiger partial charge >= 0.3 is 0 Å². The number of nitrogens with one attached hydrogen (secondary N) is 1. The first-order valence-corrected chi connectivity index (χ1v) is 7.78. The van der Waals surface area contributed by atoms with E-state index in [4.69, 9.17) is 4.74 Å². The minimum atomic E-state index is 0.568. The molecule has 1 N–H and O–H groups in total. The van der Waals surface area contributed by atoms with Crippen LogP contribution in [0.25, 0.3) is 0 Å². The van der Waals surface area contributed by atoms with Gasteiger partial charge in [0.05, 0.1) is 0 Å². The zero-order chi connectivity index (χ0) is 14.5. The van der Waals surface area contributed by atoms with Crippen LogP contribution in [0.2, 0.25) is 0 Å². The Morgan fingerprint density at radius 3 is 2.71 bits per heavy atom. The van der Waals surface area contributed by atoms with E-state index in [1.54, 1.807) is 0 Å². The van der Waals surface area contributed by atoms with E-state index in [0.717, 1.165) is 23.7 Å². The highest BCUT2D eigenvalue weighted by molar-refractivity contribution is 5.38. The number of ether oxygens (including phenoxy) is 1. The molecule has 1 aliphatic carbocycles. The van der Waals surface area contributed by atoms with Crippen LogP contribution in [0.1, 0.15) is 36.5 Å². The van der Waals surface area contributed by atoms with Crippen molar-refractivity contribution < 1.29 is 4.74 Å². The molecule has 0 bridgehead atoms. The van der Waals surface area contributed by atoms with E-state index in [-0.39, 0.29) is 0 Å². The molecule has 0 saturated carbocycles. The van der Waals surface area contributed by atoms with Gasteiger partial charge in [-0.25, -0.2) is 4.98 Å². The number of benzene rings is 1. The molecule has 3 heteroatoms. The lowest BCUT2D eigenvalue weighted by molar-refractivity contribution is 0.305. The van der Waals surface area contributed by atoms with Gasteiger partial charge in [-0.05, 0) is 61.9 Å². The van der Waals surface area contributed by atoms with Gasteiger partial charge < -0.3 is 10.1 Å². The summed E-state index contributed by atoms with van der Waals surface area (Å²) in [6.07, 6.45) is 6.89. The second-order valence-corrected chi connectivity index (χ2v) is 5.51. The highest BCUT2D eigenvalue weighted by Gasteiger charge is 2.09. The topological polar surface area (TPSA) is 34.1 Å². The molecule has 0 spiro atoms. The van der Waals surface area contributed by atoms with Crippen LogP contribution in [-0.4, -0.2) is 11.5 Å². The molecule has 1 aromatic carbocycles. The second-order valence-electron chi connectivity index (χ2n) is 5.51. The molecule has 1 heterocycles. The van der Waals surface area contributed by atoms with Gasteiger partial charge in [-0.15, -0.1) is 0 Å². The van der Waals surface area contributed by atoms with Crippen LogP contribution in [0.15, 0.2) is 36.5 Å². The number of rotatable bonds is 5. The predicted octanol–water partition coefficient (Wildman–Crippen LogP) is 3.97. The number of hydrogen-bond acceptors (Lipinski definition) is 3. The van der Waals surface area contributed by atoms with Gasteiger partial charge in [-0.1, -0.05) is 12.1 Å². The lowest BCUT2D eigenvalue weighted by atomic mass is 9.92. The molecule has 0 aliphatic heterocycles. The smallest absolute Gasteiger partial charge is 0.125 e. The van der Waals surface area contributed by atoms with Crippen LogP contribution < -0.4 is 10.1 Å². The molecular formula is C18H22N2O. The Kier molecular flexibility index (Phi) is 4.39. The Balaban J connectivity index is 1.61. The predicted molar refractivity (Wildman–Crippen MR) is 85.8 cm³/mol.